The number of aromatic nitrogens is 2. The van der Waals surface area contributed by atoms with E-state index in [1.165, 1.54) is 0 Å². The van der Waals surface area contributed by atoms with Gasteiger partial charge in [0.2, 0.25) is 11.8 Å². The van der Waals surface area contributed by atoms with Crippen LogP contribution in [0.25, 0.3) is 0 Å². The van der Waals surface area contributed by atoms with Gasteiger partial charge in [0.25, 0.3) is 0 Å². The van der Waals surface area contributed by atoms with E-state index in [1.54, 1.807) is 16.7 Å². The van der Waals surface area contributed by atoms with Gasteiger partial charge in [-0.2, -0.15) is 5.10 Å². The fourth-order valence-electron chi connectivity index (χ4n) is 4.12. The smallest absolute Gasteiger partial charge is 0.249 e. The van der Waals surface area contributed by atoms with Crippen LogP contribution in [0.15, 0.2) is 36.7 Å². The minimum atomic E-state index is -0.507. The van der Waals surface area contributed by atoms with Crippen LogP contribution in [0.1, 0.15) is 17.9 Å². The minimum Gasteiger partial charge on any atom is -0.495 e. The number of nitrogens with zero attached hydrogens (tertiary/aromatic N) is 3. The molecule has 2 aliphatic heterocycles. The Morgan fingerprint density at radius 3 is 2.89 bits per heavy atom. The summed E-state index contributed by atoms with van der Waals surface area (Å²) in [5.74, 6) is 0.327. The van der Waals surface area contributed by atoms with Gasteiger partial charge < -0.3 is 20.3 Å². The van der Waals surface area contributed by atoms with Crippen LogP contribution >= 0.6 is 0 Å². The van der Waals surface area contributed by atoms with Gasteiger partial charge in [0.1, 0.15) is 11.8 Å². The first-order valence-corrected chi connectivity index (χ1v) is 9.52. The molecule has 0 aliphatic carbocycles. The number of hydrogen-bond donors (Lipinski definition) is 2. The van der Waals surface area contributed by atoms with Crippen LogP contribution in [0.3, 0.4) is 0 Å². The Kier molecular flexibility index (Phi) is 5.04. The Balaban J connectivity index is 1.44. The van der Waals surface area contributed by atoms with Gasteiger partial charge in [0.15, 0.2) is 0 Å². The molecular weight excluding hydrogens is 358 g/mol. The van der Waals surface area contributed by atoms with E-state index in [4.69, 9.17) is 4.74 Å². The van der Waals surface area contributed by atoms with Crippen LogP contribution in [-0.2, 0) is 16.6 Å². The molecular formula is C20H25N5O3. The summed E-state index contributed by atoms with van der Waals surface area (Å²) in [6.07, 6.45) is 4.34. The minimum absolute atomic E-state index is 0.0653. The first-order chi connectivity index (χ1) is 13.6. The molecule has 148 valence electrons. The third-order valence-corrected chi connectivity index (χ3v) is 5.60. The van der Waals surface area contributed by atoms with Crippen LogP contribution in [0.5, 0.6) is 5.75 Å². The second kappa shape index (κ2) is 7.63. The molecule has 8 heteroatoms. The molecule has 0 radical (unpaired) electrons. The predicted molar refractivity (Wildman–Crippen MR) is 104 cm³/mol. The van der Waals surface area contributed by atoms with Crippen LogP contribution in [-0.4, -0.2) is 54.4 Å². The number of benzene rings is 1. The van der Waals surface area contributed by atoms with Crippen LogP contribution in [0.4, 0.5) is 5.69 Å². The first kappa shape index (κ1) is 18.5. The molecule has 2 amide bonds. The lowest BCUT2D eigenvalue weighted by Crippen LogP contribution is -2.45. The maximum Gasteiger partial charge on any atom is 0.249 e. The van der Waals surface area contributed by atoms with Crippen LogP contribution in [0.2, 0.25) is 0 Å². The fraction of sp³-hybridized carbons (Fsp3) is 0.450. The van der Waals surface area contributed by atoms with Crippen LogP contribution in [0, 0.1) is 5.92 Å². The Morgan fingerprint density at radius 1 is 1.32 bits per heavy atom. The first-order valence-electron chi connectivity index (χ1n) is 9.52. The lowest BCUT2D eigenvalue weighted by molar-refractivity contribution is -0.129. The van der Waals surface area contributed by atoms with Crippen molar-refractivity contribution in [3.63, 3.8) is 0 Å². The zero-order valence-corrected chi connectivity index (χ0v) is 16.1. The summed E-state index contributed by atoms with van der Waals surface area (Å²) in [7, 11) is 3.45. The van der Waals surface area contributed by atoms with Gasteiger partial charge in [-0.3, -0.25) is 14.3 Å². The monoisotopic (exact) mass is 383 g/mol. The summed E-state index contributed by atoms with van der Waals surface area (Å²) in [6, 6.07) is 6.93. The molecule has 1 aromatic heterocycles. The molecule has 2 fully saturated rings. The molecule has 2 aliphatic rings. The van der Waals surface area contributed by atoms with Crippen molar-refractivity contribution < 1.29 is 14.3 Å². The summed E-state index contributed by atoms with van der Waals surface area (Å²) < 4.78 is 7.12. The van der Waals surface area contributed by atoms with E-state index in [1.807, 2.05) is 43.7 Å². The zero-order chi connectivity index (χ0) is 19.7. The second-order valence-electron chi connectivity index (χ2n) is 7.33. The summed E-state index contributed by atoms with van der Waals surface area (Å²) in [5, 5.41) is 10.5. The van der Waals surface area contributed by atoms with Crippen molar-refractivity contribution in [2.24, 2.45) is 13.0 Å². The molecule has 4 rings (SSSR count). The largest absolute Gasteiger partial charge is 0.495 e. The van der Waals surface area contributed by atoms with Gasteiger partial charge >= 0.3 is 0 Å². The molecule has 3 heterocycles. The van der Waals surface area contributed by atoms with Gasteiger partial charge in [-0.15, -0.1) is 0 Å². The van der Waals surface area contributed by atoms with E-state index in [-0.39, 0.29) is 23.7 Å². The third kappa shape index (κ3) is 3.35. The summed E-state index contributed by atoms with van der Waals surface area (Å²) in [6.45, 7) is 1.89. The number of hydrogen-bond acceptors (Lipinski definition) is 5. The van der Waals surface area contributed by atoms with E-state index in [0.717, 1.165) is 17.8 Å². The SMILES string of the molecule is COc1ccccc1N1CCC(NC(=O)[C@H]2CNC[C@@H]2c2cnn(C)c2)C1=O. The highest BCUT2D eigenvalue weighted by Gasteiger charge is 2.39. The van der Waals surface area contributed by atoms with Gasteiger partial charge in [0, 0.05) is 38.8 Å². The quantitative estimate of drug-likeness (QED) is 0.792. The number of rotatable bonds is 5. The molecule has 2 saturated heterocycles. The molecule has 28 heavy (non-hydrogen) atoms. The number of methoxy groups -OCH3 is 1. The topological polar surface area (TPSA) is 88.5 Å². The maximum atomic E-state index is 12.9. The number of carbonyl (C=O) groups is 2. The maximum absolute atomic E-state index is 12.9. The van der Waals surface area contributed by atoms with Gasteiger partial charge in [-0.1, -0.05) is 12.1 Å². The number of nitrogens with one attached hydrogen (secondary N) is 2. The Bertz CT molecular complexity index is 880. The van der Waals surface area contributed by atoms with Crippen molar-refractivity contribution in [1.29, 1.82) is 0 Å². The molecule has 1 aromatic carbocycles. The number of ether oxygens (including phenoxy) is 1. The van der Waals surface area contributed by atoms with Crippen molar-refractivity contribution in [2.75, 3.05) is 31.6 Å². The number of para-hydroxylation sites is 2. The fourth-order valence-corrected chi connectivity index (χ4v) is 4.12. The van der Waals surface area contributed by atoms with E-state index in [2.05, 4.69) is 15.7 Å². The van der Waals surface area contributed by atoms with Gasteiger partial charge in [-0.25, -0.2) is 0 Å². The van der Waals surface area contributed by atoms with E-state index in [9.17, 15) is 9.59 Å². The number of carbonyl (C=O) groups excluding carboxylic acids is 2. The Morgan fingerprint density at radius 2 is 2.14 bits per heavy atom. The normalized spacial score (nSPS) is 24.6. The van der Waals surface area contributed by atoms with Crippen molar-refractivity contribution >= 4 is 17.5 Å². The van der Waals surface area contributed by atoms with E-state index in [0.29, 0.717) is 25.3 Å². The average Bonchev–Trinajstić information content (AvgIpc) is 3.42. The lowest BCUT2D eigenvalue weighted by Gasteiger charge is -2.21. The van der Waals surface area contributed by atoms with E-state index >= 15 is 0 Å². The lowest BCUT2D eigenvalue weighted by atomic mass is 9.90. The van der Waals surface area contributed by atoms with Crippen molar-refractivity contribution in [3.05, 3.63) is 42.2 Å². The highest BCUT2D eigenvalue weighted by Crippen LogP contribution is 2.32. The van der Waals surface area contributed by atoms with Crippen molar-refractivity contribution in [3.8, 4) is 5.75 Å². The molecule has 2 N–H and O–H groups in total. The van der Waals surface area contributed by atoms with Gasteiger partial charge in [0.05, 0.1) is 24.9 Å². The average molecular weight is 383 g/mol. The Hall–Kier alpha value is -2.87. The number of amides is 2. The number of aryl methyl sites for hydroxylation is 1. The highest BCUT2D eigenvalue weighted by molar-refractivity contribution is 6.02. The van der Waals surface area contributed by atoms with Crippen LogP contribution < -0.4 is 20.3 Å². The van der Waals surface area contributed by atoms with Crippen molar-refractivity contribution in [1.82, 2.24) is 20.4 Å². The molecule has 3 atom stereocenters. The second-order valence-corrected chi connectivity index (χ2v) is 7.33. The third-order valence-electron chi connectivity index (χ3n) is 5.60. The molecule has 8 nitrogen and oxygen atoms in total. The highest BCUT2D eigenvalue weighted by atomic mass is 16.5. The molecule has 1 unspecified atom stereocenters. The Labute approximate surface area is 163 Å². The standard InChI is InChI=1S/C20H25N5O3/c1-24-12-13(9-22-24)14-10-21-11-15(14)19(26)23-16-7-8-25(20(16)27)17-5-3-4-6-18(17)28-2/h3-6,9,12,14-16,21H,7-8,10-11H2,1-2H3,(H,23,26)/t14-,15+,16?/m1/s1. The molecule has 2 aromatic rings. The number of anilines is 1. The summed E-state index contributed by atoms with van der Waals surface area (Å²) in [4.78, 5) is 27.5. The molecule has 0 saturated carbocycles. The summed E-state index contributed by atoms with van der Waals surface area (Å²) >= 11 is 0. The zero-order valence-electron chi connectivity index (χ0n) is 16.1. The van der Waals surface area contributed by atoms with Crippen molar-refractivity contribution in [2.45, 2.75) is 18.4 Å². The molecule has 0 spiro atoms. The van der Waals surface area contributed by atoms with E-state index < -0.39 is 6.04 Å². The molecule has 0 bridgehead atoms. The van der Waals surface area contributed by atoms with Gasteiger partial charge in [-0.05, 0) is 24.1 Å². The summed E-state index contributed by atoms with van der Waals surface area (Å²) in [5.41, 5.74) is 1.78. The predicted octanol–water partition coefficient (Wildman–Crippen LogP) is 0.653.